The number of nitrogens with one attached hydrogen (secondary N) is 1. The highest BCUT2D eigenvalue weighted by Crippen LogP contribution is 2.23. The number of nitrogens with zero attached hydrogens (tertiary/aromatic N) is 1. The lowest BCUT2D eigenvalue weighted by molar-refractivity contribution is -0.120. The van der Waals surface area contributed by atoms with Gasteiger partial charge >= 0.3 is 0 Å². The van der Waals surface area contributed by atoms with Gasteiger partial charge in [0.1, 0.15) is 0 Å². The SMILES string of the molecule is Cc1ccc(NC(=O)[C@@H](C)N(C)Cc2ccccc2)c(Br)c1. The number of hydrogen-bond donors (Lipinski definition) is 1. The van der Waals surface area contributed by atoms with Gasteiger partial charge in [0.15, 0.2) is 0 Å². The number of rotatable bonds is 5. The third kappa shape index (κ3) is 4.42. The number of carbonyl (C=O) groups is 1. The number of hydrogen-bond acceptors (Lipinski definition) is 2. The standard InChI is InChI=1S/C18H21BrN2O/c1-13-9-10-17(16(19)11-13)20-18(22)14(2)21(3)12-15-7-5-4-6-8-15/h4-11,14H,12H2,1-3H3,(H,20,22)/t14-/m1/s1. The quantitative estimate of drug-likeness (QED) is 0.865. The molecule has 0 spiro atoms. The molecule has 0 aromatic heterocycles. The van der Waals surface area contributed by atoms with Crippen LogP contribution in [0.1, 0.15) is 18.1 Å². The summed E-state index contributed by atoms with van der Waals surface area (Å²) in [5.74, 6) is -0.0111. The van der Waals surface area contributed by atoms with Crippen LogP contribution >= 0.6 is 15.9 Å². The van der Waals surface area contributed by atoms with Gasteiger partial charge in [0.25, 0.3) is 0 Å². The van der Waals surface area contributed by atoms with Crippen LogP contribution in [-0.4, -0.2) is 23.9 Å². The largest absolute Gasteiger partial charge is 0.324 e. The van der Waals surface area contributed by atoms with Crippen molar-refractivity contribution in [2.45, 2.75) is 26.4 Å². The Hall–Kier alpha value is -1.65. The molecular weight excluding hydrogens is 340 g/mol. The van der Waals surface area contributed by atoms with E-state index in [4.69, 9.17) is 0 Å². The van der Waals surface area contributed by atoms with Crippen molar-refractivity contribution in [2.24, 2.45) is 0 Å². The van der Waals surface area contributed by atoms with Crippen LogP contribution in [0.3, 0.4) is 0 Å². The summed E-state index contributed by atoms with van der Waals surface area (Å²) in [6.07, 6.45) is 0. The van der Waals surface area contributed by atoms with E-state index in [1.54, 1.807) is 0 Å². The van der Waals surface area contributed by atoms with Crippen molar-refractivity contribution in [2.75, 3.05) is 12.4 Å². The number of carbonyl (C=O) groups excluding carboxylic acids is 1. The predicted octanol–water partition coefficient (Wildman–Crippen LogP) is 4.22. The molecule has 0 radical (unpaired) electrons. The van der Waals surface area contributed by atoms with E-state index in [0.29, 0.717) is 0 Å². The summed E-state index contributed by atoms with van der Waals surface area (Å²) >= 11 is 3.49. The molecule has 0 heterocycles. The molecule has 0 unspecified atom stereocenters. The molecule has 3 nitrogen and oxygen atoms in total. The van der Waals surface area contributed by atoms with Gasteiger partial charge in [0.05, 0.1) is 11.7 Å². The second kappa shape index (κ2) is 7.56. The fourth-order valence-corrected chi connectivity index (χ4v) is 2.76. The minimum absolute atomic E-state index is 0.0111. The average Bonchev–Trinajstić information content (AvgIpc) is 2.50. The van der Waals surface area contributed by atoms with Gasteiger partial charge < -0.3 is 5.32 Å². The van der Waals surface area contributed by atoms with Crippen molar-refractivity contribution < 1.29 is 4.79 Å². The molecule has 0 saturated carbocycles. The van der Waals surface area contributed by atoms with Crippen molar-refractivity contribution >= 4 is 27.5 Å². The Morgan fingerprint density at radius 3 is 2.55 bits per heavy atom. The van der Waals surface area contributed by atoms with Crippen LogP contribution in [0, 0.1) is 6.92 Å². The van der Waals surface area contributed by atoms with Gasteiger partial charge in [-0.3, -0.25) is 9.69 Å². The molecule has 0 aliphatic carbocycles. The maximum atomic E-state index is 12.4. The average molecular weight is 361 g/mol. The molecule has 1 amide bonds. The lowest BCUT2D eigenvalue weighted by atomic mass is 10.2. The lowest BCUT2D eigenvalue weighted by Gasteiger charge is -2.24. The first-order chi connectivity index (χ1) is 10.5. The van der Waals surface area contributed by atoms with Gasteiger partial charge in [-0.25, -0.2) is 0 Å². The molecule has 2 aromatic rings. The van der Waals surface area contributed by atoms with Crippen LogP contribution in [0.5, 0.6) is 0 Å². The summed E-state index contributed by atoms with van der Waals surface area (Å²) < 4.78 is 0.902. The van der Waals surface area contributed by atoms with Gasteiger partial charge in [-0.05, 0) is 60.1 Å². The fraction of sp³-hybridized carbons (Fsp3) is 0.278. The van der Waals surface area contributed by atoms with Crippen LogP contribution in [-0.2, 0) is 11.3 Å². The van der Waals surface area contributed by atoms with Gasteiger partial charge in [-0.1, -0.05) is 36.4 Å². The second-order valence-electron chi connectivity index (χ2n) is 5.55. The van der Waals surface area contributed by atoms with Crippen molar-refractivity contribution in [3.8, 4) is 0 Å². The number of halogens is 1. The molecule has 1 atom stereocenters. The molecule has 0 saturated heterocycles. The monoisotopic (exact) mass is 360 g/mol. The highest BCUT2D eigenvalue weighted by Gasteiger charge is 2.18. The highest BCUT2D eigenvalue weighted by molar-refractivity contribution is 9.10. The van der Waals surface area contributed by atoms with Gasteiger partial charge in [0, 0.05) is 11.0 Å². The number of amides is 1. The zero-order valence-corrected chi connectivity index (χ0v) is 14.7. The van der Waals surface area contributed by atoms with Crippen molar-refractivity contribution in [3.05, 3.63) is 64.1 Å². The maximum absolute atomic E-state index is 12.4. The molecule has 116 valence electrons. The molecule has 22 heavy (non-hydrogen) atoms. The first kappa shape index (κ1) is 16.7. The third-order valence-corrected chi connectivity index (χ3v) is 4.35. The first-order valence-electron chi connectivity index (χ1n) is 7.28. The molecule has 4 heteroatoms. The van der Waals surface area contributed by atoms with E-state index in [0.717, 1.165) is 22.3 Å². The summed E-state index contributed by atoms with van der Waals surface area (Å²) in [6, 6.07) is 15.8. The van der Waals surface area contributed by atoms with Gasteiger partial charge in [-0.15, -0.1) is 0 Å². The van der Waals surface area contributed by atoms with Crippen LogP contribution in [0.4, 0.5) is 5.69 Å². The predicted molar refractivity (Wildman–Crippen MR) is 94.9 cm³/mol. The summed E-state index contributed by atoms with van der Waals surface area (Å²) in [6.45, 7) is 4.68. The Morgan fingerprint density at radius 1 is 1.23 bits per heavy atom. The minimum atomic E-state index is -0.214. The Balaban J connectivity index is 1.99. The van der Waals surface area contributed by atoms with Crippen molar-refractivity contribution in [3.63, 3.8) is 0 Å². The smallest absolute Gasteiger partial charge is 0.241 e. The second-order valence-corrected chi connectivity index (χ2v) is 6.40. The van der Waals surface area contributed by atoms with E-state index in [1.807, 2.05) is 62.2 Å². The van der Waals surface area contributed by atoms with Crippen LogP contribution < -0.4 is 5.32 Å². The van der Waals surface area contributed by atoms with Crippen LogP contribution in [0.25, 0.3) is 0 Å². The van der Waals surface area contributed by atoms with E-state index < -0.39 is 0 Å². The topological polar surface area (TPSA) is 32.3 Å². The number of likely N-dealkylation sites (N-methyl/N-ethyl adjacent to an activating group) is 1. The van der Waals surface area contributed by atoms with Crippen molar-refractivity contribution in [1.29, 1.82) is 0 Å². The maximum Gasteiger partial charge on any atom is 0.241 e. The van der Waals surface area contributed by atoms with E-state index >= 15 is 0 Å². The Bertz CT molecular complexity index is 643. The molecular formula is C18H21BrN2O. The van der Waals surface area contributed by atoms with E-state index in [-0.39, 0.29) is 11.9 Å². The molecule has 2 rings (SSSR count). The van der Waals surface area contributed by atoms with Gasteiger partial charge in [-0.2, -0.15) is 0 Å². The minimum Gasteiger partial charge on any atom is -0.324 e. The zero-order valence-electron chi connectivity index (χ0n) is 13.1. The van der Waals surface area contributed by atoms with E-state index in [2.05, 4.69) is 33.4 Å². The fourth-order valence-electron chi connectivity index (χ4n) is 2.17. The molecule has 0 aliphatic rings. The number of anilines is 1. The molecule has 0 aliphatic heterocycles. The highest BCUT2D eigenvalue weighted by atomic mass is 79.9. The zero-order chi connectivity index (χ0) is 16.1. The number of aryl methyl sites for hydroxylation is 1. The van der Waals surface area contributed by atoms with E-state index in [1.165, 1.54) is 5.56 Å². The van der Waals surface area contributed by atoms with E-state index in [9.17, 15) is 4.79 Å². The summed E-state index contributed by atoms with van der Waals surface area (Å²) in [7, 11) is 1.96. The Morgan fingerprint density at radius 2 is 1.91 bits per heavy atom. The van der Waals surface area contributed by atoms with Crippen LogP contribution in [0.15, 0.2) is 53.0 Å². The Labute approximate surface area is 140 Å². The van der Waals surface area contributed by atoms with Gasteiger partial charge in [0.2, 0.25) is 5.91 Å². The molecule has 0 fully saturated rings. The Kier molecular flexibility index (Phi) is 5.75. The number of benzene rings is 2. The lowest BCUT2D eigenvalue weighted by Crippen LogP contribution is -2.39. The molecule has 1 N–H and O–H groups in total. The summed E-state index contributed by atoms with van der Waals surface area (Å²) in [5.41, 5.74) is 3.15. The van der Waals surface area contributed by atoms with Crippen LogP contribution in [0.2, 0.25) is 0 Å². The summed E-state index contributed by atoms with van der Waals surface area (Å²) in [4.78, 5) is 14.4. The molecule has 2 aromatic carbocycles. The summed E-state index contributed by atoms with van der Waals surface area (Å²) in [5, 5.41) is 2.98. The first-order valence-corrected chi connectivity index (χ1v) is 8.08. The normalized spacial score (nSPS) is 12.2. The third-order valence-electron chi connectivity index (χ3n) is 3.70. The molecule has 0 bridgehead atoms. The van der Waals surface area contributed by atoms with Crippen molar-refractivity contribution in [1.82, 2.24) is 4.90 Å².